The van der Waals surface area contributed by atoms with Gasteiger partial charge in [-0.2, -0.15) is 5.10 Å². The van der Waals surface area contributed by atoms with Gasteiger partial charge in [0, 0.05) is 13.2 Å². The Balaban J connectivity index is 2.72. The first-order chi connectivity index (χ1) is 8.72. The highest BCUT2D eigenvalue weighted by Gasteiger charge is 2.16. The lowest BCUT2D eigenvalue weighted by Gasteiger charge is -2.19. The van der Waals surface area contributed by atoms with Crippen LogP contribution in [0.15, 0.2) is 6.07 Å². The molecule has 0 aromatic carbocycles. The van der Waals surface area contributed by atoms with Gasteiger partial charge in [0.15, 0.2) is 0 Å². The fourth-order valence-corrected chi connectivity index (χ4v) is 2.01. The molecule has 0 aliphatic heterocycles. The van der Waals surface area contributed by atoms with E-state index in [1.165, 1.54) is 5.69 Å². The lowest BCUT2D eigenvalue weighted by Crippen LogP contribution is -2.28. The van der Waals surface area contributed by atoms with Gasteiger partial charge >= 0.3 is 0 Å². The smallest absolute Gasteiger partial charge is 0.0729 e. The van der Waals surface area contributed by atoms with E-state index in [9.17, 15) is 0 Å². The van der Waals surface area contributed by atoms with Crippen molar-refractivity contribution in [2.75, 3.05) is 19.8 Å². The topological polar surface area (TPSA) is 39.1 Å². The van der Waals surface area contributed by atoms with Crippen molar-refractivity contribution in [3.63, 3.8) is 0 Å². The van der Waals surface area contributed by atoms with Crippen LogP contribution in [0.3, 0.4) is 0 Å². The Hall–Kier alpha value is -0.870. The molecule has 1 aromatic heterocycles. The van der Waals surface area contributed by atoms with Gasteiger partial charge in [-0.15, -0.1) is 0 Å². The minimum absolute atomic E-state index is 0.248. The molecule has 4 nitrogen and oxygen atoms in total. The van der Waals surface area contributed by atoms with Gasteiger partial charge in [0.2, 0.25) is 0 Å². The molecule has 4 heteroatoms. The number of ether oxygens (including phenoxy) is 1. The van der Waals surface area contributed by atoms with Gasteiger partial charge in [-0.1, -0.05) is 13.8 Å². The SMILES string of the molecule is CCCNC(COCCC)c1cc(C)nn1CC. The van der Waals surface area contributed by atoms with Crippen LogP contribution < -0.4 is 5.32 Å². The van der Waals surface area contributed by atoms with Crippen molar-refractivity contribution in [1.82, 2.24) is 15.1 Å². The Kier molecular flexibility index (Phi) is 6.98. The van der Waals surface area contributed by atoms with E-state index in [-0.39, 0.29) is 6.04 Å². The number of nitrogens with one attached hydrogen (secondary N) is 1. The Morgan fingerprint density at radius 2 is 2.11 bits per heavy atom. The van der Waals surface area contributed by atoms with Gasteiger partial charge in [0.25, 0.3) is 0 Å². The monoisotopic (exact) mass is 253 g/mol. The highest BCUT2D eigenvalue weighted by Crippen LogP contribution is 2.15. The zero-order valence-corrected chi connectivity index (χ0v) is 12.2. The van der Waals surface area contributed by atoms with Gasteiger partial charge in [-0.3, -0.25) is 4.68 Å². The highest BCUT2D eigenvalue weighted by atomic mass is 16.5. The first kappa shape index (κ1) is 15.2. The summed E-state index contributed by atoms with van der Waals surface area (Å²) in [6.07, 6.45) is 2.19. The van der Waals surface area contributed by atoms with E-state index in [1.54, 1.807) is 0 Å². The summed E-state index contributed by atoms with van der Waals surface area (Å²) < 4.78 is 7.77. The normalized spacial score (nSPS) is 12.9. The molecular formula is C14H27N3O. The summed E-state index contributed by atoms with van der Waals surface area (Å²) in [4.78, 5) is 0. The number of aryl methyl sites for hydroxylation is 2. The van der Waals surface area contributed by atoms with Crippen molar-refractivity contribution < 1.29 is 4.74 Å². The molecule has 0 aliphatic rings. The molecule has 1 aromatic rings. The summed E-state index contributed by atoms with van der Waals surface area (Å²) in [6, 6.07) is 2.41. The second-order valence-electron chi connectivity index (χ2n) is 4.61. The van der Waals surface area contributed by atoms with Crippen molar-refractivity contribution >= 4 is 0 Å². The fraction of sp³-hybridized carbons (Fsp3) is 0.786. The molecule has 0 radical (unpaired) electrons. The van der Waals surface area contributed by atoms with E-state index in [0.717, 1.165) is 44.8 Å². The van der Waals surface area contributed by atoms with Crippen LogP contribution in [-0.4, -0.2) is 29.5 Å². The van der Waals surface area contributed by atoms with Crippen molar-refractivity contribution in [2.24, 2.45) is 0 Å². The molecule has 0 bridgehead atoms. The molecule has 1 unspecified atom stereocenters. The summed E-state index contributed by atoms with van der Waals surface area (Å²) in [5.41, 5.74) is 2.31. The molecule has 0 aliphatic carbocycles. The predicted molar refractivity (Wildman–Crippen MR) is 74.8 cm³/mol. The van der Waals surface area contributed by atoms with Crippen LogP contribution in [0.1, 0.15) is 51.0 Å². The van der Waals surface area contributed by atoms with Gasteiger partial charge in [0.05, 0.1) is 24.0 Å². The van der Waals surface area contributed by atoms with Crippen molar-refractivity contribution in [2.45, 2.75) is 53.1 Å². The maximum Gasteiger partial charge on any atom is 0.0729 e. The summed E-state index contributed by atoms with van der Waals surface area (Å²) in [5, 5.41) is 8.05. The number of rotatable bonds is 9. The second-order valence-corrected chi connectivity index (χ2v) is 4.61. The molecule has 0 fully saturated rings. The predicted octanol–water partition coefficient (Wildman–Crippen LogP) is 2.68. The van der Waals surface area contributed by atoms with E-state index >= 15 is 0 Å². The minimum Gasteiger partial charge on any atom is -0.379 e. The molecule has 0 spiro atoms. The third kappa shape index (κ3) is 4.42. The van der Waals surface area contributed by atoms with Gasteiger partial charge in [-0.05, 0) is 39.3 Å². The molecule has 1 heterocycles. The van der Waals surface area contributed by atoms with Crippen molar-refractivity contribution in [3.05, 3.63) is 17.5 Å². The largest absolute Gasteiger partial charge is 0.379 e. The lowest BCUT2D eigenvalue weighted by atomic mass is 10.2. The summed E-state index contributed by atoms with van der Waals surface area (Å²) >= 11 is 0. The Morgan fingerprint density at radius 1 is 1.33 bits per heavy atom. The molecule has 0 saturated heterocycles. The quantitative estimate of drug-likeness (QED) is 0.688. The van der Waals surface area contributed by atoms with Crippen LogP contribution in [0.5, 0.6) is 0 Å². The summed E-state index contributed by atoms with van der Waals surface area (Å²) in [6.45, 7) is 11.9. The summed E-state index contributed by atoms with van der Waals surface area (Å²) in [7, 11) is 0. The Morgan fingerprint density at radius 3 is 2.72 bits per heavy atom. The Labute approximate surface area is 111 Å². The number of hydrogen-bond acceptors (Lipinski definition) is 3. The highest BCUT2D eigenvalue weighted by molar-refractivity contribution is 5.13. The van der Waals surface area contributed by atoms with E-state index in [1.807, 2.05) is 6.92 Å². The lowest BCUT2D eigenvalue weighted by molar-refractivity contribution is 0.109. The van der Waals surface area contributed by atoms with Crippen molar-refractivity contribution in [1.29, 1.82) is 0 Å². The number of nitrogens with zero attached hydrogens (tertiary/aromatic N) is 2. The third-order valence-corrected chi connectivity index (χ3v) is 2.86. The molecule has 1 rings (SSSR count). The zero-order chi connectivity index (χ0) is 13.4. The molecule has 0 amide bonds. The van der Waals surface area contributed by atoms with Crippen molar-refractivity contribution in [3.8, 4) is 0 Å². The first-order valence-corrected chi connectivity index (χ1v) is 7.08. The van der Waals surface area contributed by atoms with Gasteiger partial charge in [0.1, 0.15) is 0 Å². The van der Waals surface area contributed by atoms with E-state index in [2.05, 4.69) is 41.9 Å². The third-order valence-electron chi connectivity index (χ3n) is 2.86. The molecule has 1 N–H and O–H groups in total. The minimum atomic E-state index is 0.248. The van der Waals surface area contributed by atoms with Crippen LogP contribution >= 0.6 is 0 Å². The van der Waals surface area contributed by atoms with E-state index in [4.69, 9.17) is 4.74 Å². The van der Waals surface area contributed by atoms with Crippen LogP contribution in [0.25, 0.3) is 0 Å². The molecular weight excluding hydrogens is 226 g/mol. The summed E-state index contributed by atoms with van der Waals surface area (Å²) in [5.74, 6) is 0. The van der Waals surface area contributed by atoms with Gasteiger partial charge < -0.3 is 10.1 Å². The molecule has 104 valence electrons. The van der Waals surface area contributed by atoms with E-state index in [0.29, 0.717) is 0 Å². The fourth-order valence-electron chi connectivity index (χ4n) is 2.01. The van der Waals surface area contributed by atoms with Gasteiger partial charge in [-0.25, -0.2) is 0 Å². The maximum atomic E-state index is 5.70. The molecule has 18 heavy (non-hydrogen) atoms. The first-order valence-electron chi connectivity index (χ1n) is 7.08. The molecule has 0 saturated carbocycles. The van der Waals surface area contributed by atoms with Crippen LogP contribution in [-0.2, 0) is 11.3 Å². The van der Waals surface area contributed by atoms with Crippen LogP contribution in [0.2, 0.25) is 0 Å². The maximum absolute atomic E-state index is 5.70. The second kappa shape index (κ2) is 8.27. The molecule has 1 atom stereocenters. The van der Waals surface area contributed by atoms with Crippen LogP contribution in [0, 0.1) is 6.92 Å². The van der Waals surface area contributed by atoms with Crippen LogP contribution in [0.4, 0.5) is 0 Å². The average Bonchev–Trinajstić information content (AvgIpc) is 2.75. The average molecular weight is 253 g/mol. The number of aromatic nitrogens is 2. The standard InChI is InChI=1S/C14H27N3O/c1-5-8-15-13(11-18-9-6-2)14-10-12(4)16-17(14)7-3/h10,13,15H,5-9,11H2,1-4H3. The van der Waals surface area contributed by atoms with E-state index < -0.39 is 0 Å². The Bertz CT molecular complexity index is 336. The number of hydrogen-bond donors (Lipinski definition) is 1. The zero-order valence-electron chi connectivity index (χ0n) is 12.2.